The van der Waals surface area contributed by atoms with Crippen LogP contribution < -0.4 is 0 Å². The van der Waals surface area contributed by atoms with Crippen LogP contribution >= 0.6 is 11.8 Å². The molecule has 3 nitrogen and oxygen atoms in total. The number of hydrogen-bond acceptors (Lipinski definition) is 4. The topological polar surface area (TPSA) is 60.5 Å². The second-order valence-electron chi connectivity index (χ2n) is 5.68. The number of benzene rings is 1. The van der Waals surface area contributed by atoms with Crippen LogP contribution in [0.1, 0.15) is 47.2 Å². The molecule has 3 rings (SSSR count). The fraction of sp³-hybridized carbons (Fsp3) is 0.316. The Morgan fingerprint density at radius 1 is 1.00 bits per heavy atom. The fourth-order valence-electron chi connectivity index (χ4n) is 2.88. The molecule has 0 bridgehead atoms. The monoisotopic (exact) mass is 319 g/mol. The van der Waals surface area contributed by atoms with Crippen LogP contribution in [0.3, 0.4) is 0 Å². The van der Waals surface area contributed by atoms with Crippen LogP contribution in [-0.2, 0) is 18.6 Å². The normalized spacial score (nSPS) is 13.5. The SMILES string of the molecule is N#Cc1ccccc1CSc1nc2c(cc1C#N)CCCCC2. The van der Waals surface area contributed by atoms with E-state index in [0.717, 1.165) is 29.1 Å². The van der Waals surface area contributed by atoms with E-state index >= 15 is 0 Å². The number of aryl methyl sites for hydroxylation is 2. The summed E-state index contributed by atoms with van der Waals surface area (Å²) in [6.45, 7) is 0. The van der Waals surface area contributed by atoms with Crippen molar-refractivity contribution in [3.63, 3.8) is 0 Å². The molecule has 1 aliphatic carbocycles. The lowest BCUT2D eigenvalue weighted by atomic mass is 10.1. The zero-order chi connectivity index (χ0) is 16.1. The Morgan fingerprint density at radius 3 is 2.61 bits per heavy atom. The van der Waals surface area contributed by atoms with Gasteiger partial charge < -0.3 is 0 Å². The molecular formula is C19H17N3S. The van der Waals surface area contributed by atoms with E-state index in [0.29, 0.717) is 16.9 Å². The van der Waals surface area contributed by atoms with Crippen LogP contribution in [0.2, 0.25) is 0 Å². The van der Waals surface area contributed by atoms with Crippen molar-refractivity contribution >= 4 is 11.8 Å². The number of hydrogen-bond donors (Lipinski definition) is 0. The van der Waals surface area contributed by atoms with E-state index in [4.69, 9.17) is 4.98 Å². The van der Waals surface area contributed by atoms with E-state index in [-0.39, 0.29) is 0 Å². The lowest BCUT2D eigenvalue weighted by molar-refractivity contribution is 0.707. The predicted molar refractivity (Wildman–Crippen MR) is 90.9 cm³/mol. The largest absolute Gasteiger partial charge is 0.245 e. The summed E-state index contributed by atoms with van der Waals surface area (Å²) >= 11 is 1.55. The summed E-state index contributed by atoms with van der Waals surface area (Å²) in [6, 6.07) is 14.1. The van der Waals surface area contributed by atoms with Crippen molar-refractivity contribution in [3.8, 4) is 12.1 Å². The molecule has 2 aromatic rings. The highest BCUT2D eigenvalue weighted by Gasteiger charge is 2.15. The van der Waals surface area contributed by atoms with Crippen molar-refractivity contribution in [2.24, 2.45) is 0 Å². The predicted octanol–water partition coefficient (Wildman–Crippen LogP) is 4.39. The molecule has 1 aromatic heterocycles. The molecule has 23 heavy (non-hydrogen) atoms. The number of pyridine rings is 1. The molecule has 0 aliphatic heterocycles. The molecule has 0 N–H and O–H groups in total. The second kappa shape index (κ2) is 7.31. The van der Waals surface area contributed by atoms with E-state index in [1.54, 1.807) is 11.8 Å². The maximum atomic E-state index is 9.43. The van der Waals surface area contributed by atoms with Crippen molar-refractivity contribution < 1.29 is 0 Å². The number of aromatic nitrogens is 1. The molecule has 0 radical (unpaired) electrons. The van der Waals surface area contributed by atoms with Crippen LogP contribution in [0.15, 0.2) is 35.4 Å². The lowest BCUT2D eigenvalue weighted by Crippen LogP contribution is -2.00. The van der Waals surface area contributed by atoms with Crippen LogP contribution in [0.4, 0.5) is 0 Å². The molecule has 1 aromatic carbocycles. The molecule has 0 atom stereocenters. The van der Waals surface area contributed by atoms with Gasteiger partial charge in [-0.2, -0.15) is 10.5 Å². The van der Waals surface area contributed by atoms with E-state index in [1.807, 2.05) is 30.3 Å². The number of nitriles is 2. The Morgan fingerprint density at radius 2 is 1.78 bits per heavy atom. The van der Waals surface area contributed by atoms with Gasteiger partial charge in [-0.25, -0.2) is 4.98 Å². The fourth-order valence-corrected chi connectivity index (χ4v) is 3.86. The molecule has 0 spiro atoms. The molecule has 1 aliphatic rings. The molecular weight excluding hydrogens is 302 g/mol. The summed E-state index contributed by atoms with van der Waals surface area (Å²) in [5.41, 5.74) is 4.72. The first kappa shape index (κ1) is 15.6. The molecule has 0 saturated carbocycles. The Hall–Kier alpha value is -2.30. The molecule has 114 valence electrons. The van der Waals surface area contributed by atoms with Crippen molar-refractivity contribution in [2.75, 3.05) is 0 Å². The van der Waals surface area contributed by atoms with Gasteiger partial charge in [0.25, 0.3) is 0 Å². The summed E-state index contributed by atoms with van der Waals surface area (Å²) < 4.78 is 0. The number of rotatable bonds is 3. The molecule has 0 fully saturated rings. The van der Waals surface area contributed by atoms with E-state index in [9.17, 15) is 10.5 Å². The highest BCUT2D eigenvalue weighted by atomic mass is 32.2. The van der Waals surface area contributed by atoms with Crippen LogP contribution in [0.25, 0.3) is 0 Å². The van der Waals surface area contributed by atoms with Gasteiger partial charge >= 0.3 is 0 Å². The number of nitrogens with zero attached hydrogens (tertiary/aromatic N) is 3. The molecule has 4 heteroatoms. The summed E-state index contributed by atoms with van der Waals surface area (Å²) in [6.07, 6.45) is 5.62. The van der Waals surface area contributed by atoms with Gasteiger partial charge in [-0.05, 0) is 48.9 Å². The van der Waals surface area contributed by atoms with Gasteiger partial charge in [-0.3, -0.25) is 0 Å². The molecule has 0 unspecified atom stereocenters. The van der Waals surface area contributed by atoms with E-state index in [1.165, 1.54) is 24.8 Å². The van der Waals surface area contributed by atoms with Gasteiger partial charge in [0.05, 0.1) is 17.2 Å². The third-order valence-electron chi connectivity index (χ3n) is 4.14. The quantitative estimate of drug-likeness (QED) is 0.622. The Balaban J connectivity index is 1.86. The highest BCUT2D eigenvalue weighted by Crippen LogP contribution is 2.29. The lowest BCUT2D eigenvalue weighted by Gasteiger charge is -2.10. The first-order chi connectivity index (χ1) is 11.3. The summed E-state index contributed by atoms with van der Waals surface area (Å²) in [4.78, 5) is 4.77. The van der Waals surface area contributed by atoms with Gasteiger partial charge in [0.15, 0.2) is 0 Å². The molecule has 0 saturated heterocycles. The van der Waals surface area contributed by atoms with Crippen molar-refractivity contribution in [3.05, 3.63) is 58.3 Å². The summed E-state index contributed by atoms with van der Waals surface area (Å²) in [7, 11) is 0. The average molecular weight is 319 g/mol. The highest BCUT2D eigenvalue weighted by molar-refractivity contribution is 7.98. The maximum Gasteiger partial charge on any atom is 0.114 e. The van der Waals surface area contributed by atoms with Crippen LogP contribution in [0.5, 0.6) is 0 Å². The smallest absolute Gasteiger partial charge is 0.114 e. The van der Waals surface area contributed by atoms with Gasteiger partial charge in [0.1, 0.15) is 11.1 Å². The van der Waals surface area contributed by atoms with Gasteiger partial charge in [-0.15, -0.1) is 11.8 Å². The maximum absolute atomic E-state index is 9.43. The number of fused-ring (bicyclic) bond motifs is 1. The van der Waals surface area contributed by atoms with E-state index < -0.39 is 0 Å². The Bertz CT molecular complexity index is 799. The van der Waals surface area contributed by atoms with Crippen molar-refractivity contribution in [1.82, 2.24) is 4.98 Å². The Kier molecular flexibility index (Phi) is 4.95. The molecule has 0 amide bonds. The minimum Gasteiger partial charge on any atom is -0.245 e. The average Bonchev–Trinajstić information content (AvgIpc) is 2.83. The van der Waals surface area contributed by atoms with Crippen LogP contribution in [0, 0.1) is 22.7 Å². The third-order valence-corrected chi connectivity index (χ3v) is 5.18. The third kappa shape index (κ3) is 3.55. The van der Waals surface area contributed by atoms with Crippen molar-refractivity contribution in [1.29, 1.82) is 10.5 Å². The van der Waals surface area contributed by atoms with Gasteiger partial charge in [0.2, 0.25) is 0 Å². The van der Waals surface area contributed by atoms with Crippen molar-refractivity contribution in [2.45, 2.75) is 42.9 Å². The van der Waals surface area contributed by atoms with Crippen LogP contribution in [-0.4, -0.2) is 4.98 Å². The van der Waals surface area contributed by atoms with E-state index in [2.05, 4.69) is 12.1 Å². The summed E-state index contributed by atoms with van der Waals surface area (Å²) in [5.74, 6) is 0.657. The minimum absolute atomic E-state index is 0.657. The Labute approximate surface area is 141 Å². The zero-order valence-electron chi connectivity index (χ0n) is 12.9. The standard InChI is InChI=1S/C19H17N3S/c20-11-15-7-4-5-8-16(15)13-23-19-17(12-21)10-14-6-2-1-3-9-18(14)22-19/h4-5,7-8,10H,1-3,6,9,13H2. The first-order valence-corrected chi connectivity index (χ1v) is 8.84. The minimum atomic E-state index is 0.657. The van der Waals surface area contributed by atoms with Gasteiger partial charge in [0, 0.05) is 11.4 Å². The zero-order valence-corrected chi connectivity index (χ0v) is 13.7. The molecule has 1 heterocycles. The van der Waals surface area contributed by atoms with Gasteiger partial charge in [-0.1, -0.05) is 24.6 Å². The summed E-state index contributed by atoms with van der Waals surface area (Å²) in [5, 5.41) is 19.4. The first-order valence-electron chi connectivity index (χ1n) is 7.85. The second-order valence-corrected chi connectivity index (χ2v) is 6.64. The number of thioether (sulfide) groups is 1.